The Kier molecular flexibility index (Phi) is 17.8. The van der Waals surface area contributed by atoms with Crippen LogP contribution in [-0.4, -0.2) is 44.1 Å². The Morgan fingerprint density at radius 2 is 1.41 bits per heavy atom. The predicted molar refractivity (Wildman–Crippen MR) is 115 cm³/mol. The lowest BCUT2D eigenvalue weighted by atomic mass is 10.1. The number of hydrogen-bond donors (Lipinski definition) is 1. The van der Waals surface area contributed by atoms with E-state index in [0.29, 0.717) is 6.42 Å². The van der Waals surface area contributed by atoms with E-state index < -0.39 is 10.4 Å². The highest BCUT2D eigenvalue weighted by Crippen LogP contribution is 2.19. The summed E-state index contributed by atoms with van der Waals surface area (Å²) >= 11 is 0. The standard InChI is InChI=1S/C12H26O4S.C9H19N/c1-2-3-4-5-6-7-8-9-10-11-12-16-17(13,14)15;1-3-4-6-9-7-5-8-10(9)2/h2-12H2,1H3,(H,13,14,15);9H,3-8H2,1-2H3. The molecular weight excluding hydrogens is 362 g/mol. The summed E-state index contributed by atoms with van der Waals surface area (Å²) in [5.74, 6) is 0. The number of hydrogen-bond acceptors (Lipinski definition) is 4. The molecule has 0 amide bonds. The van der Waals surface area contributed by atoms with Crippen molar-refractivity contribution in [3.63, 3.8) is 0 Å². The Labute approximate surface area is 169 Å². The number of unbranched alkanes of at least 4 members (excludes halogenated alkanes) is 10. The summed E-state index contributed by atoms with van der Waals surface area (Å²) in [4.78, 5) is 2.51. The molecule has 0 aromatic carbocycles. The summed E-state index contributed by atoms with van der Waals surface area (Å²) < 4.78 is 33.0. The van der Waals surface area contributed by atoms with Crippen LogP contribution in [0.25, 0.3) is 0 Å². The van der Waals surface area contributed by atoms with Crippen molar-refractivity contribution in [2.75, 3.05) is 20.2 Å². The van der Waals surface area contributed by atoms with E-state index in [2.05, 4.69) is 30.0 Å². The molecule has 0 bridgehead atoms. The van der Waals surface area contributed by atoms with Crippen molar-refractivity contribution in [2.45, 2.75) is 116 Å². The van der Waals surface area contributed by atoms with Crippen LogP contribution < -0.4 is 0 Å². The second kappa shape index (κ2) is 17.9. The maximum atomic E-state index is 10.2. The Balaban J connectivity index is 0.000000569. The van der Waals surface area contributed by atoms with E-state index in [-0.39, 0.29) is 6.61 Å². The van der Waals surface area contributed by atoms with Crippen molar-refractivity contribution >= 4 is 10.4 Å². The zero-order valence-corrected chi connectivity index (χ0v) is 18.9. The minimum absolute atomic E-state index is 0.0926. The van der Waals surface area contributed by atoms with E-state index in [9.17, 15) is 8.42 Å². The molecule has 1 saturated heterocycles. The second-order valence-electron chi connectivity index (χ2n) is 7.85. The molecule has 1 N–H and O–H groups in total. The van der Waals surface area contributed by atoms with E-state index in [0.717, 1.165) is 18.9 Å². The van der Waals surface area contributed by atoms with Crippen LogP contribution >= 0.6 is 0 Å². The lowest BCUT2D eigenvalue weighted by molar-refractivity contribution is 0.261. The highest BCUT2D eigenvalue weighted by Gasteiger charge is 2.19. The molecule has 5 nitrogen and oxygen atoms in total. The van der Waals surface area contributed by atoms with Gasteiger partial charge >= 0.3 is 10.4 Å². The predicted octanol–water partition coefficient (Wildman–Crippen LogP) is 6.00. The zero-order chi connectivity index (χ0) is 20.4. The van der Waals surface area contributed by atoms with Crippen LogP contribution in [0.15, 0.2) is 0 Å². The molecule has 27 heavy (non-hydrogen) atoms. The van der Waals surface area contributed by atoms with Crippen LogP contribution in [0, 0.1) is 0 Å². The van der Waals surface area contributed by atoms with Gasteiger partial charge in [0, 0.05) is 6.04 Å². The zero-order valence-electron chi connectivity index (χ0n) is 18.1. The van der Waals surface area contributed by atoms with Gasteiger partial charge in [0.25, 0.3) is 0 Å². The van der Waals surface area contributed by atoms with Crippen molar-refractivity contribution in [1.82, 2.24) is 4.90 Å². The molecule has 0 spiro atoms. The Hall–Kier alpha value is -0.170. The highest BCUT2D eigenvalue weighted by atomic mass is 32.3. The Bertz CT molecular complexity index is 414. The van der Waals surface area contributed by atoms with Crippen LogP contribution in [0.3, 0.4) is 0 Å². The summed E-state index contributed by atoms with van der Waals surface area (Å²) in [6.45, 7) is 5.91. The monoisotopic (exact) mass is 407 g/mol. The molecule has 6 heteroatoms. The summed E-state index contributed by atoms with van der Waals surface area (Å²) in [6.07, 6.45) is 18.9. The largest absolute Gasteiger partial charge is 0.397 e. The summed E-state index contributed by atoms with van der Waals surface area (Å²) in [5, 5.41) is 0. The van der Waals surface area contributed by atoms with Crippen LogP contribution in [0.1, 0.15) is 110 Å². The normalized spacial score (nSPS) is 17.7. The highest BCUT2D eigenvalue weighted by molar-refractivity contribution is 7.80. The van der Waals surface area contributed by atoms with Gasteiger partial charge in [-0.2, -0.15) is 8.42 Å². The van der Waals surface area contributed by atoms with Gasteiger partial charge in [-0.05, 0) is 39.3 Å². The molecule has 1 aliphatic rings. The van der Waals surface area contributed by atoms with Gasteiger partial charge in [-0.1, -0.05) is 84.5 Å². The third-order valence-corrected chi connectivity index (χ3v) is 5.76. The van der Waals surface area contributed by atoms with Gasteiger partial charge in [0.05, 0.1) is 6.61 Å². The Morgan fingerprint density at radius 1 is 0.889 bits per heavy atom. The quantitative estimate of drug-likeness (QED) is 0.266. The van der Waals surface area contributed by atoms with Gasteiger partial charge < -0.3 is 4.90 Å². The fraction of sp³-hybridized carbons (Fsp3) is 1.00. The molecule has 0 saturated carbocycles. The molecule has 0 aromatic rings. The van der Waals surface area contributed by atoms with Crippen LogP contribution in [-0.2, 0) is 14.6 Å². The summed E-state index contributed by atoms with van der Waals surface area (Å²) in [6, 6.07) is 0.917. The molecule has 0 aromatic heterocycles. The maximum Gasteiger partial charge on any atom is 0.397 e. The van der Waals surface area contributed by atoms with Crippen molar-refractivity contribution in [2.24, 2.45) is 0 Å². The third kappa shape index (κ3) is 18.9. The first-order valence-electron chi connectivity index (χ1n) is 11.2. The SMILES string of the molecule is CCCCC1CCCN1C.CCCCCCCCCCCCOS(=O)(=O)O. The van der Waals surface area contributed by atoms with E-state index >= 15 is 0 Å². The Morgan fingerprint density at radius 3 is 1.85 bits per heavy atom. The number of nitrogens with zero attached hydrogens (tertiary/aromatic N) is 1. The first kappa shape index (κ1) is 26.8. The van der Waals surface area contributed by atoms with E-state index in [1.807, 2.05) is 0 Å². The molecule has 1 aliphatic heterocycles. The van der Waals surface area contributed by atoms with Gasteiger partial charge in [0.1, 0.15) is 0 Å². The van der Waals surface area contributed by atoms with Crippen molar-refractivity contribution in [1.29, 1.82) is 0 Å². The summed E-state index contributed by atoms with van der Waals surface area (Å²) in [7, 11) is -1.98. The number of likely N-dealkylation sites (tertiary alicyclic amines) is 1. The maximum absolute atomic E-state index is 10.2. The van der Waals surface area contributed by atoms with Gasteiger partial charge in [0.15, 0.2) is 0 Å². The average Bonchev–Trinajstić information content (AvgIpc) is 3.02. The van der Waals surface area contributed by atoms with Crippen molar-refractivity contribution < 1.29 is 17.2 Å². The molecule has 164 valence electrons. The van der Waals surface area contributed by atoms with E-state index in [4.69, 9.17) is 4.55 Å². The van der Waals surface area contributed by atoms with E-state index in [1.165, 1.54) is 83.6 Å². The molecule has 1 unspecified atom stereocenters. The third-order valence-electron chi connectivity index (χ3n) is 5.29. The lowest BCUT2D eigenvalue weighted by Gasteiger charge is -2.18. The molecule has 0 aliphatic carbocycles. The fourth-order valence-corrected chi connectivity index (χ4v) is 3.87. The number of rotatable bonds is 15. The molecule has 1 rings (SSSR count). The topological polar surface area (TPSA) is 66.8 Å². The van der Waals surface area contributed by atoms with Crippen LogP contribution in [0.4, 0.5) is 0 Å². The van der Waals surface area contributed by atoms with Crippen LogP contribution in [0.2, 0.25) is 0 Å². The minimum atomic E-state index is -4.23. The molecule has 1 heterocycles. The van der Waals surface area contributed by atoms with Crippen molar-refractivity contribution in [3.8, 4) is 0 Å². The van der Waals surface area contributed by atoms with Gasteiger partial charge in [-0.25, -0.2) is 4.18 Å². The smallest absolute Gasteiger partial charge is 0.303 e. The average molecular weight is 408 g/mol. The lowest BCUT2D eigenvalue weighted by Crippen LogP contribution is -2.24. The first-order chi connectivity index (χ1) is 12.9. The van der Waals surface area contributed by atoms with Crippen LogP contribution in [0.5, 0.6) is 0 Å². The van der Waals surface area contributed by atoms with Gasteiger partial charge in [-0.15, -0.1) is 0 Å². The molecule has 1 fully saturated rings. The first-order valence-corrected chi connectivity index (χ1v) is 12.6. The van der Waals surface area contributed by atoms with Gasteiger partial charge in [0.2, 0.25) is 0 Å². The van der Waals surface area contributed by atoms with E-state index in [1.54, 1.807) is 0 Å². The molecular formula is C21H45NO4S. The summed E-state index contributed by atoms with van der Waals surface area (Å²) in [5.41, 5.74) is 0. The second-order valence-corrected chi connectivity index (χ2v) is 8.94. The molecule has 1 atom stereocenters. The van der Waals surface area contributed by atoms with Gasteiger partial charge in [-0.3, -0.25) is 4.55 Å². The van der Waals surface area contributed by atoms with Crippen molar-refractivity contribution in [3.05, 3.63) is 0 Å². The molecule has 0 radical (unpaired) electrons. The minimum Gasteiger partial charge on any atom is -0.303 e. The fourth-order valence-electron chi connectivity index (χ4n) is 3.54.